The van der Waals surface area contributed by atoms with Crippen LogP contribution in [0.5, 0.6) is 0 Å². The highest BCUT2D eigenvalue weighted by Crippen LogP contribution is 2.19. The van der Waals surface area contributed by atoms with Crippen molar-refractivity contribution >= 4 is 5.91 Å². The SMILES string of the molecule is CC(=O)NC(c1ccccc1)C(F)F. The van der Waals surface area contributed by atoms with Crippen LogP contribution in [0.15, 0.2) is 30.3 Å². The molecule has 2 nitrogen and oxygen atoms in total. The summed E-state index contributed by atoms with van der Waals surface area (Å²) in [7, 11) is 0. The van der Waals surface area contributed by atoms with Crippen molar-refractivity contribution in [3.8, 4) is 0 Å². The van der Waals surface area contributed by atoms with Crippen LogP contribution in [-0.2, 0) is 4.79 Å². The van der Waals surface area contributed by atoms with E-state index in [1.54, 1.807) is 30.3 Å². The van der Waals surface area contributed by atoms with Crippen molar-refractivity contribution in [2.24, 2.45) is 0 Å². The van der Waals surface area contributed by atoms with E-state index >= 15 is 0 Å². The zero-order chi connectivity index (χ0) is 10.6. The molecule has 1 N–H and O–H groups in total. The predicted molar refractivity (Wildman–Crippen MR) is 49.0 cm³/mol. The lowest BCUT2D eigenvalue weighted by Gasteiger charge is -2.16. The highest BCUT2D eigenvalue weighted by molar-refractivity contribution is 5.73. The Morgan fingerprint density at radius 3 is 2.29 bits per heavy atom. The molecule has 14 heavy (non-hydrogen) atoms. The van der Waals surface area contributed by atoms with E-state index in [4.69, 9.17) is 0 Å². The first-order valence-electron chi connectivity index (χ1n) is 4.21. The Hall–Kier alpha value is -1.45. The van der Waals surface area contributed by atoms with Crippen molar-refractivity contribution in [2.75, 3.05) is 0 Å². The fourth-order valence-corrected chi connectivity index (χ4v) is 1.17. The van der Waals surface area contributed by atoms with Gasteiger partial charge in [-0.3, -0.25) is 4.79 Å². The average Bonchev–Trinajstić information content (AvgIpc) is 2.15. The van der Waals surface area contributed by atoms with Gasteiger partial charge in [0, 0.05) is 6.92 Å². The third kappa shape index (κ3) is 2.80. The molecule has 0 heterocycles. The van der Waals surface area contributed by atoms with E-state index in [0.29, 0.717) is 5.56 Å². The lowest BCUT2D eigenvalue weighted by molar-refractivity contribution is -0.120. The van der Waals surface area contributed by atoms with Crippen LogP contribution in [0.4, 0.5) is 8.78 Å². The molecule has 0 fully saturated rings. The summed E-state index contributed by atoms with van der Waals surface area (Å²) in [5.41, 5.74) is 0.415. The van der Waals surface area contributed by atoms with Crippen LogP contribution in [-0.4, -0.2) is 12.3 Å². The number of hydrogen-bond donors (Lipinski definition) is 1. The van der Waals surface area contributed by atoms with Gasteiger partial charge in [-0.2, -0.15) is 0 Å². The largest absolute Gasteiger partial charge is 0.344 e. The summed E-state index contributed by atoms with van der Waals surface area (Å²) in [5.74, 6) is -0.459. The van der Waals surface area contributed by atoms with Gasteiger partial charge in [0.15, 0.2) is 0 Å². The van der Waals surface area contributed by atoms with E-state index in [1.165, 1.54) is 6.92 Å². The van der Waals surface area contributed by atoms with Gasteiger partial charge in [-0.15, -0.1) is 0 Å². The van der Waals surface area contributed by atoms with Crippen LogP contribution >= 0.6 is 0 Å². The number of hydrogen-bond acceptors (Lipinski definition) is 1. The molecule has 4 heteroatoms. The summed E-state index contributed by atoms with van der Waals surface area (Å²) in [5, 5.41) is 2.21. The van der Waals surface area contributed by atoms with Crippen LogP contribution < -0.4 is 5.32 Å². The molecule has 0 aliphatic carbocycles. The minimum absolute atomic E-state index is 0.415. The second kappa shape index (κ2) is 4.69. The second-order valence-electron chi connectivity index (χ2n) is 2.92. The Morgan fingerprint density at radius 1 is 1.29 bits per heavy atom. The van der Waals surface area contributed by atoms with E-state index in [0.717, 1.165) is 0 Å². The lowest BCUT2D eigenvalue weighted by Crippen LogP contribution is -2.30. The first-order chi connectivity index (χ1) is 6.61. The molecular weight excluding hydrogens is 188 g/mol. The van der Waals surface area contributed by atoms with Crippen LogP contribution in [0.25, 0.3) is 0 Å². The maximum atomic E-state index is 12.5. The molecule has 0 saturated carbocycles. The smallest absolute Gasteiger partial charge is 0.262 e. The quantitative estimate of drug-likeness (QED) is 0.793. The standard InChI is InChI=1S/C10H11F2NO/c1-7(14)13-9(10(11)12)8-5-3-2-4-6-8/h2-6,9-10H,1H3,(H,13,14). The summed E-state index contributed by atoms with van der Waals surface area (Å²) in [6.07, 6.45) is -2.60. The fourth-order valence-electron chi connectivity index (χ4n) is 1.17. The predicted octanol–water partition coefficient (Wildman–Crippen LogP) is 2.13. The van der Waals surface area contributed by atoms with Gasteiger partial charge >= 0.3 is 0 Å². The zero-order valence-corrected chi connectivity index (χ0v) is 7.71. The van der Waals surface area contributed by atoms with Gasteiger partial charge in [0.25, 0.3) is 6.43 Å². The van der Waals surface area contributed by atoms with Crippen molar-refractivity contribution in [3.05, 3.63) is 35.9 Å². The fraction of sp³-hybridized carbons (Fsp3) is 0.300. The minimum Gasteiger partial charge on any atom is -0.344 e. The molecule has 1 aromatic rings. The molecule has 0 aromatic heterocycles. The summed E-state index contributed by atoms with van der Waals surface area (Å²) < 4.78 is 25.1. The van der Waals surface area contributed by atoms with E-state index in [-0.39, 0.29) is 0 Å². The topological polar surface area (TPSA) is 29.1 Å². The molecule has 1 atom stereocenters. The molecule has 0 aliphatic heterocycles. The number of carbonyl (C=O) groups is 1. The molecule has 0 spiro atoms. The molecule has 0 bridgehead atoms. The Labute approximate surface area is 80.9 Å². The number of carbonyl (C=O) groups excluding carboxylic acids is 1. The Kier molecular flexibility index (Phi) is 3.56. The normalized spacial score (nSPS) is 12.6. The van der Waals surface area contributed by atoms with E-state index < -0.39 is 18.4 Å². The highest BCUT2D eigenvalue weighted by atomic mass is 19.3. The lowest BCUT2D eigenvalue weighted by atomic mass is 10.1. The molecule has 1 rings (SSSR count). The van der Waals surface area contributed by atoms with Crippen molar-refractivity contribution < 1.29 is 13.6 Å². The number of amides is 1. The number of rotatable bonds is 3. The maximum absolute atomic E-state index is 12.5. The highest BCUT2D eigenvalue weighted by Gasteiger charge is 2.22. The van der Waals surface area contributed by atoms with Crippen LogP contribution in [0.3, 0.4) is 0 Å². The molecular formula is C10H11F2NO. The van der Waals surface area contributed by atoms with Gasteiger partial charge in [-0.25, -0.2) is 8.78 Å². The van der Waals surface area contributed by atoms with Gasteiger partial charge in [-0.05, 0) is 5.56 Å². The van der Waals surface area contributed by atoms with Gasteiger partial charge in [-0.1, -0.05) is 30.3 Å². The van der Waals surface area contributed by atoms with Gasteiger partial charge in [0.1, 0.15) is 6.04 Å². The third-order valence-corrected chi connectivity index (χ3v) is 1.77. The second-order valence-corrected chi connectivity index (χ2v) is 2.92. The van der Waals surface area contributed by atoms with Crippen LogP contribution in [0.2, 0.25) is 0 Å². The van der Waals surface area contributed by atoms with Crippen LogP contribution in [0.1, 0.15) is 18.5 Å². The monoisotopic (exact) mass is 199 g/mol. The maximum Gasteiger partial charge on any atom is 0.262 e. The first kappa shape index (κ1) is 10.6. The third-order valence-electron chi connectivity index (χ3n) is 1.77. The minimum atomic E-state index is -2.60. The Bertz CT molecular complexity index is 300. The Morgan fingerprint density at radius 2 is 1.86 bits per heavy atom. The number of halogens is 2. The van der Waals surface area contributed by atoms with Crippen molar-refractivity contribution in [1.29, 1.82) is 0 Å². The molecule has 1 unspecified atom stereocenters. The zero-order valence-electron chi connectivity index (χ0n) is 7.71. The molecule has 76 valence electrons. The summed E-state index contributed by atoms with van der Waals surface area (Å²) in [6.45, 7) is 1.22. The first-order valence-corrected chi connectivity index (χ1v) is 4.21. The Balaban J connectivity index is 2.83. The van der Waals surface area contributed by atoms with Gasteiger partial charge < -0.3 is 5.32 Å². The molecule has 0 saturated heterocycles. The number of nitrogens with one attached hydrogen (secondary N) is 1. The van der Waals surface area contributed by atoms with Crippen LogP contribution in [0, 0.1) is 0 Å². The van der Waals surface area contributed by atoms with Gasteiger partial charge in [0.05, 0.1) is 0 Å². The summed E-state index contributed by atoms with van der Waals surface area (Å²) in [4.78, 5) is 10.7. The summed E-state index contributed by atoms with van der Waals surface area (Å²) >= 11 is 0. The van der Waals surface area contributed by atoms with E-state index in [9.17, 15) is 13.6 Å². The number of alkyl halides is 2. The molecule has 1 aromatic carbocycles. The molecule has 0 aliphatic rings. The molecule has 0 radical (unpaired) electrons. The van der Waals surface area contributed by atoms with Crippen molar-refractivity contribution in [2.45, 2.75) is 19.4 Å². The molecule has 1 amide bonds. The number of benzene rings is 1. The van der Waals surface area contributed by atoms with Crippen molar-refractivity contribution in [3.63, 3.8) is 0 Å². The van der Waals surface area contributed by atoms with E-state index in [2.05, 4.69) is 5.32 Å². The van der Waals surface area contributed by atoms with E-state index in [1.807, 2.05) is 0 Å². The van der Waals surface area contributed by atoms with Gasteiger partial charge in [0.2, 0.25) is 5.91 Å². The average molecular weight is 199 g/mol. The van der Waals surface area contributed by atoms with Crippen molar-refractivity contribution in [1.82, 2.24) is 5.32 Å². The summed E-state index contributed by atoms with van der Waals surface area (Å²) in [6, 6.07) is 6.96.